The topological polar surface area (TPSA) is 25.4 Å². The molecule has 1 fully saturated rings. The lowest BCUT2D eigenvalue weighted by atomic mass is 9.97. The van der Waals surface area contributed by atoms with Crippen LogP contribution in [0.3, 0.4) is 0 Å². The van der Waals surface area contributed by atoms with Gasteiger partial charge in [-0.15, -0.1) is 0 Å². The van der Waals surface area contributed by atoms with Crippen molar-refractivity contribution in [2.45, 2.75) is 25.5 Å². The molecule has 1 saturated heterocycles. The maximum absolute atomic E-state index is 13.5. The van der Waals surface area contributed by atoms with Gasteiger partial charge < -0.3 is 4.74 Å². The zero-order valence-corrected chi connectivity index (χ0v) is 19.0. The Kier molecular flexibility index (Phi) is 6.93. The third-order valence-corrected chi connectivity index (χ3v) is 6.56. The first kappa shape index (κ1) is 22.6. The molecule has 3 aromatic carbocycles. The largest absolute Gasteiger partial charge is 0.368 e. The average Bonchev–Trinajstić information content (AvgIpc) is 2.87. The molecule has 1 atom stereocenters. The number of benzene rings is 3. The molecule has 0 spiro atoms. The standard InChI is InChI=1S/C29H28F2N2O/c30-26-12-8-23(9-13-26)29(24-10-14-27(31)15-11-24)34-20-21-4-3-17-33(18-21)19-25-6-1-5-22-7-2-16-32-28(22)25/h1-2,5-16,21,29H,3-4,17-20H2. The molecule has 0 saturated carbocycles. The number of rotatable bonds is 7. The molecule has 0 bridgehead atoms. The SMILES string of the molecule is Fc1ccc(C(OCC2CCCN(Cc3cccc4cccnc34)C2)c2ccc(F)cc2)cc1. The summed E-state index contributed by atoms with van der Waals surface area (Å²) in [5, 5.41) is 1.17. The van der Waals surface area contributed by atoms with E-state index in [1.54, 1.807) is 24.3 Å². The molecular weight excluding hydrogens is 430 g/mol. The lowest BCUT2D eigenvalue weighted by Crippen LogP contribution is -2.37. The molecule has 1 unspecified atom stereocenters. The van der Waals surface area contributed by atoms with Crippen LogP contribution in [0.4, 0.5) is 8.78 Å². The van der Waals surface area contributed by atoms with Gasteiger partial charge in [0.25, 0.3) is 0 Å². The number of para-hydroxylation sites is 1. The number of likely N-dealkylation sites (tertiary alicyclic amines) is 1. The van der Waals surface area contributed by atoms with E-state index in [0.29, 0.717) is 12.5 Å². The van der Waals surface area contributed by atoms with Gasteiger partial charge in [0.05, 0.1) is 12.1 Å². The second kappa shape index (κ2) is 10.4. The van der Waals surface area contributed by atoms with Crippen molar-refractivity contribution in [2.75, 3.05) is 19.7 Å². The number of ether oxygens (including phenoxy) is 1. The van der Waals surface area contributed by atoms with Crippen LogP contribution in [0, 0.1) is 17.6 Å². The maximum atomic E-state index is 13.5. The first-order chi connectivity index (χ1) is 16.7. The highest BCUT2D eigenvalue weighted by molar-refractivity contribution is 5.81. The number of piperidine rings is 1. The van der Waals surface area contributed by atoms with E-state index in [4.69, 9.17) is 4.74 Å². The van der Waals surface area contributed by atoms with Crippen molar-refractivity contribution in [1.29, 1.82) is 0 Å². The van der Waals surface area contributed by atoms with Crippen LogP contribution in [0.15, 0.2) is 85.1 Å². The highest BCUT2D eigenvalue weighted by atomic mass is 19.1. The molecule has 5 heteroatoms. The van der Waals surface area contributed by atoms with Gasteiger partial charge in [0.2, 0.25) is 0 Å². The van der Waals surface area contributed by atoms with E-state index in [1.165, 1.54) is 35.2 Å². The number of hydrogen-bond acceptors (Lipinski definition) is 3. The van der Waals surface area contributed by atoms with Gasteiger partial charge in [0.15, 0.2) is 0 Å². The Bertz CT molecular complexity index is 1180. The smallest absolute Gasteiger partial charge is 0.123 e. The molecule has 0 amide bonds. The molecule has 34 heavy (non-hydrogen) atoms. The van der Waals surface area contributed by atoms with E-state index in [1.807, 2.05) is 12.3 Å². The quantitative estimate of drug-likeness (QED) is 0.315. The lowest BCUT2D eigenvalue weighted by molar-refractivity contribution is 0.0250. The maximum Gasteiger partial charge on any atom is 0.123 e. The molecule has 5 rings (SSSR count). The fourth-order valence-corrected chi connectivity index (χ4v) is 4.86. The summed E-state index contributed by atoms with van der Waals surface area (Å²) >= 11 is 0. The van der Waals surface area contributed by atoms with Crippen molar-refractivity contribution in [2.24, 2.45) is 5.92 Å². The van der Waals surface area contributed by atoms with Gasteiger partial charge in [-0.2, -0.15) is 0 Å². The summed E-state index contributed by atoms with van der Waals surface area (Å²) in [7, 11) is 0. The predicted octanol–water partition coefficient (Wildman–Crippen LogP) is 6.53. The minimum atomic E-state index is -0.362. The van der Waals surface area contributed by atoms with Crippen LogP contribution in [-0.4, -0.2) is 29.6 Å². The number of aromatic nitrogens is 1. The van der Waals surface area contributed by atoms with Crippen LogP contribution in [0.5, 0.6) is 0 Å². The van der Waals surface area contributed by atoms with Crippen molar-refractivity contribution < 1.29 is 13.5 Å². The molecule has 0 radical (unpaired) electrons. The second-order valence-corrected chi connectivity index (χ2v) is 9.05. The molecule has 2 heterocycles. The molecular formula is C29H28F2N2O. The molecule has 4 aromatic rings. The summed E-state index contributed by atoms with van der Waals surface area (Å²) < 4.78 is 33.4. The third-order valence-electron chi connectivity index (χ3n) is 6.56. The molecule has 174 valence electrons. The Balaban J connectivity index is 1.27. The second-order valence-electron chi connectivity index (χ2n) is 9.05. The van der Waals surface area contributed by atoms with Crippen LogP contribution < -0.4 is 0 Å². The Morgan fingerprint density at radius 1 is 0.882 bits per heavy atom. The summed E-state index contributed by atoms with van der Waals surface area (Å²) in [6, 6.07) is 23.2. The number of nitrogens with zero attached hydrogens (tertiary/aromatic N) is 2. The van der Waals surface area contributed by atoms with Gasteiger partial charge >= 0.3 is 0 Å². The van der Waals surface area contributed by atoms with Crippen LogP contribution in [0.25, 0.3) is 10.9 Å². The van der Waals surface area contributed by atoms with E-state index >= 15 is 0 Å². The Morgan fingerprint density at radius 2 is 1.56 bits per heavy atom. The van der Waals surface area contributed by atoms with Crippen LogP contribution >= 0.6 is 0 Å². The predicted molar refractivity (Wildman–Crippen MR) is 130 cm³/mol. The molecule has 0 N–H and O–H groups in total. The minimum absolute atomic E-state index is 0.285. The summed E-state index contributed by atoms with van der Waals surface area (Å²) in [4.78, 5) is 7.08. The summed E-state index contributed by atoms with van der Waals surface area (Å²) in [6.07, 6.45) is 3.70. The summed E-state index contributed by atoms with van der Waals surface area (Å²) in [5.74, 6) is -0.181. The normalized spacial score (nSPS) is 16.9. The number of hydrogen-bond donors (Lipinski definition) is 0. The fraction of sp³-hybridized carbons (Fsp3) is 0.276. The third kappa shape index (κ3) is 5.32. The molecule has 3 nitrogen and oxygen atoms in total. The van der Waals surface area contributed by atoms with Crippen molar-refractivity contribution in [3.8, 4) is 0 Å². The minimum Gasteiger partial charge on any atom is -0.368 e. The monoisotopic (exact) mass is 458 g/mol. The highest BCUT2D eigenvalue weighted by Gasteiger charge is 2.23. The van der Waals surface area contributed by atoms with Gasteiger partial charge in [-0.1, -0.05) is 48.5 Å². The molecule has 1 aliphatic rings. The van der Waals surface area contributed by atoms with E-state index in [2.05, 4.69) is 34.1 Å². The Hall–Kier alpha value is -3.15. The summed E-state index contributed by atoms with van der Waals surface area (Å²) in [5.41, 5.74) is 4.04. The number of fused-ring (bicyclic) bond motifs is 1. The van der Waals surface area contributed by atoms with Crippen molar-refractivity contribution >= 4 is 10.9 Å². The van der Waals surface area contributed by atoms with Gasteiger partial charge in [-0.05, 0) is 72.3 Å². The van der Waals surface area contributed by atoms with Crippen molar-refractivity contribution in [3.63, 3.8) is 0 Å². The van der Waals surface area contributed by atoms with E-state index in [-0.39, 0.29) is 17.7 Å². The zero-order valence-electron chi connectivity index (χ0n) is 19.0. The van der Waals surface area contributed by atoms with E-state index < -0.39 is 0 Å². The molecule has 1 aromatic heterocycles. The summed E-state index contributed by atoms with van der Waals surface area (Å²) in [6.45, 7) is 3.45. The van der Waals surface area contributed by atoms with Crippen LogP contribution in [0.1, 0.15) is 35.6 Å². The van der Waals surface area contributed by atoms with Crippen LogP contribution in [0.2, 0.25) is 0 Å². The van der Waals surface area contributed by atoms with Crippen molar-refractivity contribution in [3.05, 3.63) is 113 Å². The number of halogens is 2. The Morgan fingerprint density at radius 3 is 2.26 bits per heavy atom. The van der Waals surface area contributed by atoms with Crippen molar-refractivity contribution in [1.82, 2.24) is 9.88 Å². The first-order valence-corrected chi connectivity index (χ1v) is 11.8. The molecule has 0 aliphatic carbocycles. The van der Waals surface area contributed by atoms with Gasteiger partial charge in [-0.3, -0.25) is 9.88 Å². The van der Waals surface area contributed by atoms with E-state index in [0.717, 1.165) is 49.1 Å². The first-order valence-electron chi connectivity index (χ1n) is 11.8. The Labute approximate surface area is 199 Å². The average molecular weight is 459 g/mol. The van der Waals surface area contributed by atoms with E-state index in [9.17, 15) is 8.78 Å². The fourth-order valence-electron chi connectivity index (χ4n) is 4.86. The van der Waals surface area contributed by atoms with Gasteiger partial charge in [-0.25, -0.2) is 8.78 Å². The van der Waals surface area contributed by atoms with Gasteiger partial charge in [0, 0.05) is 24.7 Å². The lowest BCUT2D eigenvalue weighted by Gasteiger charge is -2.33. The van der Waals surface area contributed by atoms with Gasteiger partial charge in [0.1, 0.15) is 17.7 Å². The van der Waals surface area contributed by atoms with Crippen LogP contribution in [-0.2, 0) is 11.3 Å². The molecule has 1 aliphatic heterocycles. The number of pyridine rings is 1. The highest BCUT2D eigenvalue weighted by Crippen LogP contribution is 2.29. The zero-order chi connectivity index (χ0) is 23.3.